The van der Waals surface area contributed by atoms with Gasteiger partial charge in [0.15, 0.2) is 0 Å². The molecule has 0 saturated heterocycles. The molecule has 0 aliphatic carbocycles. The molecule has 8 heteroatoms. The van der Waals surface area contributed by atoms with Gasteiger partial charge in [-0.3, -0.25) is 14.9 Å². The van der Waals surface area contributed by atoms with E-state index in [1.54, 1.807) is 35.3 Å². The number of benzene rings is 1. The number of halogens is 1. The van der Waals surface area contributed by atoms with Gasteiger partial charge in [-0.05, 0) is 18.2 Å². The summed E-state index contributed by atoms with van der Waals surface area (Å²) >= 11 is 5.96. The third-order valence-electron chi connectivity index (χ3n) is 3.09. The van der Waals surface area contributed by atoms with Gasteiger partial charge in [0.2, 0.25) is 0 Å². The summed E-state index contributed by atoms with van der Waals surface area (Å²) in [6.07, 6.45) is 4.94. The molecule has 7 nitrogen and oxygen atoms in total. The van der Waals surface area contributed by atoms with E-state index in [2.05, 4.69) is 10.3 Å². The summed E-state index contributed by atoms with van der Waals surface area (Å²) in [6, 6.07) is 7.15. The largest absolute Gasteiger partial charge is 0.320 e. The van der Waals surface area contributed by atoms with Gasteiger partial charge in [-0.1, -0.05) is 11.6 Å². The van der Waals surface area contributed by atoms with E-state index >= 15 is 0 Å². The van der Waals surface area contributed by atoms with Crippen LogP contribution in [-0.4, -0.2) is 20.2 Å². The number of fused-ring (bicyclic) bond motifs is 1. The molecule has 110 valence electrons. The van der Waals surface area contributed by atoms with Crippen molar-refractivity contribution in [2.45, 2.75) is 0 Å². The van der Waals surface area contributed by atoms with E-state index in [-0.39, 0.29) is 16.4 Å². The van der Waals surface area contributed by atoms with Gasteiger partial charge < -0.3 is 9.72 Å². The number of imidazole rings is 1. The van der Waals surface area contributed by atoms with Gasteiger partial charge in [0, 0.05) is 23.9 Å². The van der Waals surface area contributed by atoms with Gasteiger partial charge in [-0.2, -0.15) is 0 Å². The molecule has 0 atom stereocenters. The minimum absolute atomic E-state index is 0.147. The van der Waals surface area contributed by atoms with Crippen LogP contribution in [0.3, 0.4) is 0 Å². The molecule has 0 bridgehead atoms. The van der Waals surface area contributed by atoms with E-state index < -0.39 is 10.8 Å². The van der Waals surface area contributed by atoms with Crippen molar-refractivity contribution in [2.75, 3.05) is 5.32 Å². The van der Waals surface area contributed by atoms with E-state index in [1.807, 2.05) is 0 Å². The number of non-ortho nitro benzene ring substituents is 1. The Balaban J connectivity index is 1.90. The van der Waals surface area contributed by atoms with Crippen molar-refractivity contribution in [3.8, 4) is 0 Å². The quantitative estimate of drug-likeness (QED) is 0.593. The Hall–Kier alpha value is -2.93. The molecule has 0 radical (unpaired) electrons. The number of aromatic nitrogens is 2. The molecule has 2 heterocycles. The number of pyridine rings is 1. The van der Waals surface area contributed by atoms with Crippen molar-refractivity contribution in [2.24, 2.45) is 0 Å². The molecule has 0 saturated carbocycles. The number of amides is 1. The molecule has 3 aromatic rings. The van der Waals surface area contributed by atoms with Gasteiger partial charge >= 0.3 is 0 Å². The molecule has 0 aliphatic heterocycles. The van der Waals surface area contributed by atoms with Gasteiger partial charge in [-0.15, -0.1) is 0 Å². The van der Waals surface area contributed by atoms with Crippen molar-refractivity contribution in [1.82, 2.24) is 9.38 Å². The monoisotopic (exact) mass is 316 g/mol. The number of carbonyl (C=O) groups is 1. The highest BCUT2D eigenvalue weighted by Crippen LogP contribution is 2.27. The molecule has 0 unspecified atom stereocenters. The molecule has 1 N–H and O–H groups in total. The number of nitrogens with zero attached hydrogens (tertiary/aromatic N) is 3. The predicted molar refractivity (Wildman–Crippen MR) is 81.3 cm³/mol. The summed E-state index contributed by atoms with van der Waals surface area (Å²) in [6.45, 7) is 0. The summed E-state index contributed by atoms with van der Waals surface area (Å²) in [4.78, 5) is 26.4. The lowest BCUT2D eigenvalue weighted by Crippen LogP contribution is -2.12. The molecule has 0 fully saturated rings. The lowest BCUT2D eigenvalue weighted by molar-refractivity contribution is -0.384. The van der Waals surface area contributed by atoms with Crippen LogP contribution < -0.4 is 5.32 Å². The number of rotatable bonds is 3. The van der Waals surface area contributed by atoms with E-state index in [4.69, 9.17) is 11.6 Å². The number of hydrogen-bond acceptors (Lipinski definition) is 4. The molecule has 1 aromatic carbocycles. The van der Waals surface area contributed by atoms with Crippen LogP contribution in [0.1, 0.15) is 10.4 Å². The van der Waals surface area contributed by atoms with Crippen LogP contribution in [0.25, 0.3) is 5.52 Å². The van der Waals surface area contributed by atoms with Crippen LogP contribution in [0.15, 0.2) is 49.1 Å². The third kappa shape index (κ3) is 2.61. The van der Waals surface area contributed by atoms with Crippen molar-refractivity contribution in [1.29, 1.82) is 0 Å². The van der Waals surface area contributed by atoms with Crippen LogP contribution in [0.4, 0.5) is 11.4 Å². The minimum Gasteiger partial charge on any atom is -0.320 e. The topological polar surface area (TPSA) is 89.5 Å². The summed E-state index contributed by atoms with van der Waals surface area (Å²) in [5.74, 6) is -0.411. The first-order valence-corrected chi connectivity index (χ1v) is 6.59. The van der Waals surface area contributed by atoms with Gasteiger partial charge in [0.1, 0.15) is 0 Å². The zero-order chi connectivity index (χ0) is 15.7. The van der Waals surface area contributed by atoms with Crippen molar-refractivity contribution in [3.63, 3.8) is 0 Å². The number of nitro benzene ring substituents is 1. The number of nitrogens with one attached hydrogen (secondary N) is 1. The zero-order valence-corrected chi connectivity index (χ0v) is 11.8. The first-order valence-electron chi connectivity index (χ1n) is 6.21. The normalized spacial score (nSPS) is 10.6. The van der Waals surface area contributed by atoms with Crippen molar-refractivity contribution < 1.29 is 9.72 Å². The average molecular weight is 317 g/mol. The molecule has 1 amide bonds. The van der Waals surface area contributed by atoms with E-state index in [0.717, 1.165) is 5.52 Å². The van der Waals surface area contributed by atoms with Crippen LogP contribution in [0, 0.1) is 10.1 Å². The second kappa shape index (κ2) is 5.45. The van der Waals surface area contributed by atoms with Gasteiger partial charge in [0.25, 0.3) is 11.6 Å². The molecule has 3 rings (SSSR count). The van der Waals surface area contributed by atoms with E-state index in [1.165, 1.54) is 18.2 Å². The standard InChI is InChI=1S/C14H9ClN4O3/c15-12-2-1-10(19(21)22)6-13(12)17-14(20)9-3-4-18-8-16-7-11(18)5-9/h1-8H,(H,17,20). The Morgan fingerprint density at radius 2 is 2.14 bits per heavy atom. The van der Waals surface area contributed by atoms with Crippen molar-refractivity contribution >= 4 is 34.4 Å². The fourth-order valence-corrected chi connectivity index (χ4v) is 2.14. The Morgan fingerprint density at radius 3 is 2.91 bits per heavy atom. The Kier molecular flexibility index (Phi) is 3.48. The lowest BCUT2D eigenvalue weighted by Gasteiger charge is -2.07. The Bertz CT molecular complexity index is 891. The van der Waals surface area contributed by atoms with E-state index in [0.29, 0.717) is 5.56 Å². The highest BCUT2D eigenvalue weighted by molar-refractivity contribution is 6.34. The molecule has 0 aliphatic rings. The van der Waals surface area contributed by atoms with Crippen LogP contribution in [0.5, 0.6) is 0 Å². The van der Waals surface area contributed by atoms with Crippen LogP contribution >= 0.6 is 11.6 Å². The van der Waals surface area contributed by atoms with Gasteiger partial charge in [0.05, 0.1) is 33.7 Å². The maximum atomic E-state index is 12.2. The Labute approximate surface area is 129 Å². The SMILES string of the molecule is O=C(Nc1cc([N+](=O)[O-])ccc1Cl)c1ccn2cncc2c1. The predicted octanol–water partition coefficient (Wildman–Crippen LogP) is 3.15. The zero-order valence-electron chi connectivity index (χ0n) is 11.1. The average Bonchev–Trinajstić information content (AvgIpc) is 2.96. The molecular weight excluding hydrogens is 308 g/mol. The number of anilines is 1. The maximum absolute atomic E-state index is 12.2. The first-order chi connectivity index (χ1) is 10.5. The van der Waals surface area contributed by atoms with Crippen LogP contribution in [0.2, 0.25) is 5.02 Å². The smallest absolute Gasteiger partial charge is 0.271 e. The fraction of sp³-hybridized carbons (Fsp3) is 0. The summed E-state index contributed by atoms with van der Waals surface area (Å²) < 4.78 is 1.76. The van der Waals surface area contributed by atoms with E-state index in [9.17, 15) is 14.9 Å². The first kappa shape index (κ1) is 14.0. The molecule has 2 aromatic heterocycles. The Morgan fingerprint density at radius 1 is 1.32 bits per heavy atom. The highest BCUT2D eigenvalue weighted by Gasteiger charge is 2.13. The fourth-order valence-electron chi connectivity index (χ4n) is 1.98. The minimum atomic E-state index is -0.551. The lowest BCUT2D eigenvalue weighted by atomic mass is 10.2. The molecule has 0 spiro atoms. The summed E-state index contributed by atoms with van der Waals surface area (Å²) in [5.41, 5.74) is 1.20. The summed E-state index contributed by atoms with van der Waals surface area (Å²) in [7, 11) is 0. The third-order valence-corrected chi connectivity index (χ3v) is 3.41. The van der Waals surface area contributed by atoms with Crippen molar-refractivity contribution in [3.05, 3.63) is 69.8 Å². The highest BCUT2D eigenvalue weighted by atomic mass is 35.5. The van der Waals surface area contributed by atoms with Crippen LogP contribution in [-0.2, 0) is 0 Å². The number of nitro groups is 1. The molecular formula is C14H9ClN4O3. The second-order valence-corrected chi connectivity index (χ2v) is 4.92. The number of carbonyl (C=O) groups excluding carboxylic acids is 1. The maximum Gasteiger partial charge on any atom is 0.271 e. The molecule has 22 heavy (non-hydrogen) atoms. The number of hydrogen-bond donors (Lipinski definition) is 1. The second-order valence-electron chi connectivity index (χ2n) is 4.52. The summed E-state index contributed by atoms with van der Waals surface area (Å²) in [5, 5.41) is 13.6. The van der Waals surface area contributed by atoms with Gasteiger partial charge in [-0.25, -0.2) is 4.98 Å².